The molecule has 0 saturated heterocycles. The number of hydrogen-bond acceptors (Lipinski definition) is 3. The Morgan fingerprint density at radius 3 is 1.56 bits per heavy atom. The van der Waals surface area contributed by atoms with Crippen molar-refractivity contribution in [2.75, 3.05) is 12.4 Å². The van der Waals surface area contributed by atoms with E-state index in [9.17, 15) is 8.42 Å². The van der Waals surface area contributed by atoms with Gasteiger partial charge in [0.05, 0.1) is 18.5 Å². The molecule has 0 heterocycles. The Labute approximate surface area is 156 Å². The molecule has 0 spiro atoms. The second-order valence-electron chi connectivity index (χ2n) is 7.35. The second kappa shape index (κ2) is 17.3. The molecule has 5 heteroatoms. The molecule has 0 aromatic carbocycles. The van der Waals surface area contributed by atoms with Gasteiger partial charge in [0.15, 0.2) is 0 Å². The van der Waals surface area contributed by atoms with E-state index in [0.29, 0.717) is 0 Å². The fourth-order valence-corrected chi connectivity index (χ4v) is 3.37. The predicted molar refractivity (Wildman–Crippen MR) is 107 cm³/mol. The number of ether oxygens (including phenoxy) is 1. The van der Waals surface area contributed by atoms with Gasteiger partial charge in [-0.1, -0.05) is 96.8 Å². The highest BCUT2D eigenvalue weighted by Crippen LogP contribution is 2.14. The van der Waals surface area contributed by atoms with E-state index >= 15 is 0 Å². The maximum Gasteiger partial charge on any atom is 0.267 e. The Morgan fingerprint density at radius 1 is 0.760 bits per heavy atom. The lowest BCUT2D eigenvalue weighted by Gasteiger charge is -2.12. The molecule has 0 aromatic rings. The van der Waals surface area contributed by atoms with E-state index in [1.54, 1.807) is 0 Å². The maximum atomic E-state index is 10.6. The van der Waals surface area contributed by atoms with Crippen LogP contribution in [-0.4, -0.2) is 31.4 Å². The van der Waals surface area contributed by atoms with Crippen molar-refractivity contribution < 1.29 is 17.7 Å². The SMILES string of the molecule is CCCCCCCCCCCCCCCCC(C)OCCS(=O)(=O)O. The topological polar surface area (TPSA) is 63.6 Å². The van der Waals surface area contributed by atoms with Crippen LogP contribution in [0.2, 0.25) is 0 Å². The van der Waals surface area contributed by atoms with Crippen molar-refractivity contribution in [2.45, 2.75) is 116 Å². The molecule has 1 N–H and O–H groups in total. The Hall–Kier alpha value is -0.130. The van der Waals surface area contributed by atoms with Crippen LogP contribution in [0.3, 0.4) is 0 Å². The molecule has 0 aliphatic rings. The lowest BCUT2D eigenvalue weighted by atomic mass is 10.0. The van der Waals surface area contributed by atoms with E-state index in [2.05, 4.69) is 6.92 Å². The first kappa shape index (κ1) is 24.9. The molecule has 1 unspecified atom stereocenters. The van der Waals surface area contributed by atoms with Gasteiger partial charge in [0.2, 0.25) is 0 Å². The third kappa shape index (κ3) is 21.8. The van der Waals surface area contributed by atoms with Crippen LogP contribution in [0.4, 0.5) is 0 Å². The van der Waals surface area contributed by atoms with E-state index in [0.717, 1.165) is 12.8 Å². The summed E-state index contributed by atoms with van der Waals surface area (Å²) >= 11 is 0. The first-order chi connectivity index (χ1) is 12.0. The van der Waals surface area contributed by atoms with Gasteiger partial charge in [-0.05, 0) is 13.3 Å². The molecule has 0 bridgehead atoms. The molecule has 0 aliphatic carbocycles. The summed E-state index contributed by atoms with van der Waals surface area (Å²) in [5.41, 5.74) is 0. The third-order valence-corrected chi connectivity index (χ3v) is 5.39. The van der Waals surface area contributed by atoms with E-state index in [4.69, 9.17) is 9.29 Å². The van der Waals surface area contributed by atoms with Gasteiger partial charge in [-0.15, -0.1) is 0 Å². The van der Waals surface area contributed by atoms with Crippen LogP contribution in [0, 0.1) is 0 Å². The van der Waals surface area contributed by atoms with Crippen molar-refractivity contribution in [1.29, 1.82) is 0 Å². The van der Waals surface area contributed by atoms with Crippen LogP contribution in [0.1, 0.15) is 110 Å². The first-order valence-electron chi connectivity index (χ1n) is 10.5. The van der Waals surface area contributed by atoms with Crippen molar-refractivity contribution in [3.8, 4) is 0 Å². The van der Waals surface area contributed by atoms with Crippen LogP contribution in [0.25, 0.3) is 0 Å². The fourth-order valence-electron chi connectivity index (χ4n) is 3.06. The van der Waals surface area contributed by atoms with E-state index in [-0.39, 0.29) is 18.5 Å². The molecule has 0 rings (SSSR count). The smallest absolute Gasteiger partial charge is 0.267 e. The quantitative estimate of drug-likeness (QED) is 0.216. The molecule has 0 aliphatic heterocycles. The van der Waals surface area contributed by atoms with E-state index in [1.807, 2.05) is 6.92 Å². The molecule has 0 radical (unpaired) electrons. The Bertz CT molecular complexity index is 368. The Balaban J connectivity index is 3.18. The van der Waals surface area contributed by atoms with Gasteiger partial charge in [-0.25, -0.2) is 0 Å². The summed E-state index contributed by atoms with van der Waals surface area (Å²) in [6.45, 7) is 4.31. The zero-order valence-corrected chi connectivity index (χ0v) is 17.5. The van der Waals surface area contributed by atoms with Crippen LogP contribution < -0.4 is 0 Å². The van der Waals surface area contributed by atoms with Gasteiger partial charge in [0.1, 0.15) is 0 Å². The minimum Gasteiger partial charge on any atom is -0.377 e. The van der Waals surface area contributed by atoms with Gasteiger partial charge < -0.3 is 4.74 Å². The largest absolute Gasteiger partial charge is 0.377 e. The standard InChI is InChI=1S/C20H42O4S/c1-3-4-5-6-7-8-9-10-11-12-13-14-15-16-17-20(2)24-18-19-25(21,22)23/h20H,3-19H2,1-2H3,(H,21,22,23). The molecule has 0 aromatic heterocycles. The van der Waals surface area contributed by atoms with Gasteiger partial charge >= 0.3 is 0 Å². The van der Waals surface area contributed by atoms with Gasteiger partial charge in [-0.2, -0.15) is 8.42 Å². The van der Waals surface area contributed by atoms with Crippen molar-refractivity contribution >= 4 is 10.1 Å². The monoisotopic (exact) mass is 378 g/mol. The summed E-state index contributed by atoms with van der Waals surface area (Å²) in [4.78, 5) is 0. The highest BCUT2D eigenvalue weighted by atomic mass is 32.2. The zero-order valence-electron chi connectivity index (χ0n) is 16.7. The number of unbranched alkanes of at least 4 members (excludes halogenated alkanes) is 13. The van der Waals surface area contributed by atoms with Crippen LogP contribution in [0.15, 0.2) is 0 Å². The summed E-state index contributed by atoms with van der Waals surface area (Å²) in [6, 6.07) is 0. The van der Waals surface area contributed by atoms with Crippen molar-refractivity contribution in [3.05, 3.63) is 0 Å². The highest BCUT2D eigenvalue weighted by Gasteiger charge is 2.07. The average molecular weight is 379 g/mol. The van der Waals surface area contributed by atoms with Crippen molar-refractivity contribution in [2.24, 2.45) is 0 Å². The average Bonchev–Trinajstić information content (AvgIpc) is 2.54. The summed E-state index contributed by atoms with van der Waals surface area (Å²) in [7, 11) is -3.89. The summed E-state index contributed by atoms with van der Waals surface area (Å²) in [6.07, 6.45) is 19.9. The number of rotatable bonds is 19. The van der Waals surface area contributed by atoms with Crippen molar-refractivity contribution in [3.63, 3.8) is 0 Å². The number of hydrogen-bond donors (Lipinski definition) is 1. The van der Waals surface area contributed by atoms with E-state index < -0.39 is 10.1 Å². The van der Waals surface area contributed by atoms with Crippen LogP contribution in [0.5, 0.6) is 0 Å². The van der Waals surface area contributed by atoms with Gasteiger partial charge in [-0.3, -0.25) is 4.55 Å². The Morgan fingerprint density at radius 2 is 1.16 bits per heavy atom. The van der Waals surface area contributed by atoms with Crippen molar-refractivity contribution in [1.82, 2.24) is 0 Å². The molecular weight excluding hydrogens is 336 g/mol. The second-order valence-corrected chi connectivity index (χ2v) is 8.92. The lowest BCUT2D eigenvalue weighted by molar-refractivity contribution is 0.0690. The summed E-state index contributed by atoms with van der Waals surface area (Å²) in [5.74, 6) is -0.309. The Kier molecular flexibility index (Phi) is 17.2. The molecule has 1 atom stereocenters. The molecule has 4 nitrogen and oxygen atoms in total. The highest BCUT2D eigenvalue weighted by molar-refractivity contribution is 7.85. The lowest BCUT2D eigenvalue weighted by Crippen LogP contribution is -2.16. The van der Waals surface area contributed by atoms with Gasteiger partial charge in [0, 0.05) is 0 Å². The predicted octanol–water partition coefficient (Wildman–Crippen LogP) is 6.15. The normalized spacial score (nSPS) is 13.2. The first-order valence-corrected chi connectivity index (χ1v) is 12.1. The molecule has 152 valence electrons. The summed E-state index contributed by atoms with van der Waals surface area (Å²) in [5, 5.41) is 0. The maximum absolute atomic E-state index is 10.6. The van der Waals surface area contributed by atoms with Crippen LogP contribution in [-0.2, 0) is 14.9 Å². The summed E-state index contributed by atoms with van der Waals surface area (Å²) < 4.78 is 35.2. The molecule has 25 heavy (non-hydrogen) atoms. The third-order valence-electron chi connectivity index (χ3n) is 4.71. The molecule has 0 fully saturated rings. The zero-order chi connectivity index (χ0) is 18.8. The molecular formula is C20H42O4S. The molecule has 0 saturated carbocycles. The van der Waals surface area contributed by atoms with E-state index in [1.165, 1.54) is 83.5 Å². The minimum absolute atomic E-state index is 0.0686. The fraction of sp³-hybridized carbons (Fsp3) is 1.00. The minimum atomic E-state index is -3.89. The van der Waals surface area contributed by atoms with Crippen LogP contribution >= 0.6 is 0 Å². The molecule has 0 amide bonds. The van der Waals surface area contributed by atoms with Gasteiger partial charge in [0.25, 0.3) is 10.1 Å².